The highest BCUT2D eigenvalue weighted by atomic mass is 16.3. The molecular formula is C16H22N2O3. The first-order valence-electron chi connectivity index (χ1n) is 7.29. The van der Waals surface area contributed by atoms with Gasteiger partial charge in [-0.25, -0.2) is 0 Å². The van der Waals surface area contributed by atoms with Crippen molar-refractivity contribution in [3.63, 3.8) is 0 Å². The molecule has 1 saturated carbocycles. The Morgan fingerprint density at radius 1 is 1.33 bits per heavy atom. The zero-order valence-corrected chi connectivity index (χ0v) is 12.3. The molecule has 0 aliphatic heterocycles. The summed E-state index contributed by atoms with van der Waals surface area (Å²) in [5.41, 5.74) is 0.917. The SMILES string of the molecule is CN(CC(O)C1CC1)C(=O)CNC(=O)Cc1ccccc1. The van der Waals surface area contributed by atoms with Crippen molar-refractivity contribution >= 4 is 11.8 Å². The summed E-state index contributed by atoms with van der Waals surface area (Å²) in [5.74, 6) is -0.0188. The molecule has 1 fully saturated rings. The van der Waals surface area contributed by atoms with Gasteiger partial charge in [-0.2, -0.15) is 0 Å². The van der Waals surface area contributed by atoms with Gasteiger partial charge < -0.3 is 15.3 Å². The van der Waals surface area contributed by atoms with Gasteiger partial charge in [0.15, 0.2) is 0 Å². The minimum absolute atomic E-state index is 0.0282. The number of hydrogen-bond donors (Lipinski definition) is 2. The van der Waals surface area contributed by atoms with Crippen molar-refractivity contribution in [2.45, 2.75) is 25.4 Å². The molecule has 1 unspecified atom stereocenters. The quantitative estimate of drug-likeness (QED) is 0.771. The number of hydrogen-bond acceptors (Lipinski definition) is 3. The number of likely N-dealkylation sites (N-methyl/N-ethyl adjacent to an activating group) is 1. The predicted molar refractivity (Wildman–Crippen MR) is 79.5 cm³/mol. The number of rotatable bonds is 7. The number of aliphatic hydroxyl groups is 1. The summed E-state index contributed by atoms with van der Waals surface area (Å²) in [5, 5.41) is 12.4. The first-order valence-corrected chi connectivity index (χ1v) is 7.29. The van der Waals surface area contributed by atoms with Crippen molar-refractivity contribution in [2.24, 2.45) is 5.92 Å². The van der Waals surface area contributed by atoms with Crippen LogP contribution in [0, 0.1) is 5.92 Å². The summed E-state index contributed by atoms with van der Waals surface area (Å²) < 4.78 is 0. The van der Waals surface area contributed by atoms with Crippen molar-refractivity contribution in [3.8, 4) is 0 Å². The van der Waals surface area contributed by atoms with E-state index in [4.69, 9.17) is 0 Å². The second-order valence-corrected chi connectivity index (χ2v) is 5.62. The van der Waals surface area contributed by atoms with Crippen molar-refractivity contribution in [1.82, 2.24) is 10.2 Å². The molecule has 0 heterocycles. The minimum Gasteiger partial charge on any atom is -0.391 e. The van der Waals surface area contributed by atoms with Gasteiger partial charge in [0, 0.05) is 13.6 Å². The molecule has 1 aromatic carbocycles. The van der Waals surface area contributed by atoms with E-state index < -0.39 is 6.10 Å². The highest BCUT2D eigenvalue weighted by molar-refractivity contribution is 5.85. The van der Waals surface area contributed by atoms with Gasteiger partial charge in [-0.15, -0.1) is 0 Å². The van der Waals surface area contributed by atoms with E-state index in [1.165, 1.54) is 4.90 Å². The molecular weight excluding hydrogens is 268 g/mol. The largest absolute Gasteiger partial charge is 0.391 e. The van der Waals surface area contributed by atoms with Crippen molar-refractivity contribution in [2.75, 3.05) is 20.1 Å². The van der Waals surface area contributed by atoms with Crippen LogP contribution in [0.5, 0.6) is 0 Å². The van der Waals surface area contributed by atoms with Gasteiger partial charge in [0.25, 0.3) is 0 Å². The highest BCUT2D eigenvalue weighted by Crippen LogP contribution is 2.32. The molecule has 0 aromatic heterocycles. The van der Waals surface area contributed by atoms with Crippen LogP contribution in [-0.2, 0) is 16.0 Å². The lowest BCUT2D eigenvalue weighted by Gasteiger charge is -2.20. The van der Waals surface area contributed by atoms with E-state index in [-0.39, 0.29) is 24.8 Å². The third kappa shape index (κ3) is 5.19. The van der Waals surface area contributed by atoms with Crippen LogP contribution in [0.15, 0.2) is 30.3 Å². The van der Waals surface area contributed by atoms with Crippen LogP contribution in [0.2, 0.25) is 0 Å². The van der Waals surface area contributed by atoms with Gasteiger partial charge >= 0.3 is 0 Å². The Kier molecular flexibility index (Phi) is 5.33. The maximum atomic E-state index is 11.9. The normalized spacial score (nSPS) is 15.3. The topological polar surface area (TPSA) is 69.6 Å². The number of carbonyl (C=O) groups is 2. The van der Waals surface area contributed by atoms with Crippen molar-refractivity contribution < 1.29 is 14.7 Å². The van der Waals surface area contributed by atoms with E-state index in [0.29, 0.717) is 12.5 Å². The number of benzene rings is 1. The number of carbonyl (C=O) groups excluding carboxylic acids is 2. The summed E-state index contributed by atoms with van der Waals surface area (Å²) in [6.45, 7) is 0.303. The zero-order valence-electron chi connectivity index (χ0n) is 12.3. The van der Waals surface area contributed by atoms with E-state index in [9.17, 15) is 14.7 Å². The third-order valence-electron chi connectivity index (χ3n) is 3.70. The van der Waals surface area contributed by atoms with Crippen LogP contribution in [0.25, 0.3) is 0 Å². The third-order valence-corrected chi connectivity index (χ3v) is 3.70. The summed E-state index contributed by atoms with van der Waals surface area (Å²) in [6, 6.07) is 9.39. The maximum Gasteiger partial charge on any atom is 0.241 e. The molecule has 1 atom stereocenters. The lowest BCUT2D eigenvalue weighted by Crippen LogP contribution is -2.42. The molecule has 5 nitrogen and oxygen atoms in total. The average molecular weight is 290 g/mol. The van der Waals surface area contributed by atoms with Crippen molar-refractivity contribution in [1.29, 1.82) is 0 Å². The van der Waals surface area contributed by atoms with Gasteiger partial charge in [-0.3, -0.25) is 9.59 Å². The fraction of sp³-hybridized carbons (Fsp3) is 0.500. The number of aliphatic hydroxyl groups excluding tert-OH is 1. The van der Waals surface area contributed by atoms with Gasteiger partial charge in [0.2, 0.25) is 11.8 Å². The fourth-order valence-electron chi connectivity index (χ4n) is 2.17. The molecule has 5 heteroatoms. The summed E-state index contributed by atoms with van der Waals surface area (Å²) in [7, 11) is 1.65. The zero-order chi connectivity index (χ0) is 15.2. The van der Waals surface area contributed by atoms with E-state index in [1.807, 2.05) is 30.3 Å². The molecule has 1 aliphatic carbocycles. The molecule has 2 amide bonds. The van der Waals surface area contributed by atoms with Crippen LogP contribution in [-0.4, -0.2) is 48.1 Å². The van der Waals surface area contributed by atoms with E-state index in [0.717, 1.165) is 18.4 Å². The smallest absolute Gasteiger partial charge is 0.241 e. The standard InChI is InChI=1S/C16H22N2O3/c1-18(11-14(19)13-7-8-13)16(21)10-17-15(20)9-12-5-3-2-4-6-12/h2-6,13-14,19H,7-11H2,1H3,(H,17,20). The summed E-state index contributed by atoms with van der Waals surface area (Å²) >= 11 is 0. The highest BCUT2D eigenvalue weighted by Gasteiger charge is 2.31. The summed E-state index contributed by atoms with van der Waals surface area (Å²) in [4.78, 5) is 25.1. The van der Waals surface area contributed by atoms with Crippen LogP contribution < -0.4 is 5.32 Å². The van der Waals surface area contributed by atoms with Crippen LogP contribution in [0.1, 0.15) is 18.4 Å². The van der Waals surface area contributed by atoms with Gasteiger partial charge in [-0.1, -0.05) is 30.3 Å². The average Bonchev–Trinajstić information content (AvgIpc) is 3.30. The molecule has 21 heavy (non-hydrogen) atoms. The fourth-order valence-corrected chi connectivity index (χ4v) is 2.17. The molecule has 1 aliphatic rings. The number of nitrogens with one attached hydrogen (secondary N) is 1. The van der Waals surface area contributed by atoms with Crippen LogP contribution in [0.3, 0.4) is 0 Å². The predicted octanol–water partition coefficient (Wildman–Crippen LogP) is 0.575. The second-order valence-electron chi connectivity index (χ2n) is 5.62. The van der Waals surface area contributed by atoms with Crippen LogP contribution >= 0.6 is 0 Å². The lowest BCUT2D eigenvalue weighted by atomic mass is 10.1. The van der Waals surface area contributed by atoms with E-state index in [1.54, 1.807) is 7.05 Å². The van der Waals surface area contributed by atoms with E-state index in [2.05, 4.69) is 5.32 Å². The monoisotopic (exact) mass is 290 g/mol. The molecule has 2 rings (SSSR count). The van der Waals surface area contributed by atoms with Gasteiger partial charge in [-0.05, 0) is 24.3 Å². The van der Waals surface area contributed by atoms with Crippen LogP contribution in [0.4, 0.5) is 0 Å². The maximum absolute atomic E-state index is 11.9. The van der Waals surface area contributed by atoms with E-state index >= 15 is 0 Å². The molecule has 0 radical (unpaired) electrons. The molecule has 2 N–H and O–H groups in total. The Morgan fingerprint density at radius 3 is 2.62 bits per heavy atom. The molecule has 1 aromatic rings. The first-order chi connectivity index (χ1) is 10.1. The van der Waals surface area contributed by atoms with Gasteiger partial charge in [0.05, 0.1) is 19.1 Å². The number of nitrogens with zero attached hydrogens (tertiary/aromatic N) is 1. The second kappa shape index (κ2) is 7.22. The van der Waals surface area contributed by atoms with Crippen molar-refractivity contribution in [3.05, 3.63) is 35.9 Å². The minimum atomic E-state index is -0.445. The molecule has 0 saturated heterocycles. The Hall–Kier alpha value is -1.88. The Balaban J connectivity index is 1.68. The first kappa shape index (κ1) is 15.5. The molecule has 114 valence electrons. The molecule has 0 bridgehead atoms. The Morgan fingerprint density at radius 2 is 2.00 bits per heavy atom. The Labute approximate surface area is 125 Å². The lowest BCUT2D eigenvalue weighted by molar-refractivity contribution is -0.132. The molecule has 0 spiro atoms. The van der Waals surface area contributed by atoms with Gasteiger partial charge in [0.1, 0.15) is 0 Å². The number of amides is 2. The summed E-state index contributed by atoms with van der Waals surface area (Å²) in [6.07, 6.45) is 1.90. The Bertz CT molecular complexity index is 486.